The highest BCUT2D eigenvalue weighted by atomic mass is 16.5. The molecule has 0 radical (unpaired) electrons. The van der Waals surface area contributed by atoms with Gasteiger partial charge in [-0.3, -0.25) is 0 Å². The smallest absolute Gasteiger partial charge is 0.408 e. The van der Waals surface area contributed by atoms with Gasteiger partial charge in [-0.25, -0.2) is 9.59 Å². The van der Waals surface area contributed by atoms with Gasteiger partial charge in [0.1, 0.15) is 18.4 Å². The number of hydrogen-bond acceptors (Lipinski definition) is 5. The molecule has 2 saturated carbocycles. The van der Waals surface area contributed by atoms with Crippen molar-refractivity contribution >= 4 is 12.1 Å². The summed E-state index contributed by atoms with van der Waals surface area (Å²) in [6.07, 6.45) is 13.9. The van der Waals surface area contributed by atoms with Gasteiger partial charge in [0.15, 0.2) is 0 Å². The molecule has 4 N–H and O–H groups in total. The number of nitrogens with one attached hydrogen (secondary N) is 2. The monoisotopic (exact) mass is 496 g/mol. The average Bonchev–Trinajstić information content (AvgIpc) is 2.90. The van der Waals surface area contributed by atoms with Gasteiger partial charge in [0, 0.05) is 18.5 Å². The Bertz CT molecular complexity index is 891. The molecule has 1 amide bonds. The van der Waals surface area contributed by atoms with Gasteiger partial charge < -0.3 is 25.6 Å². The highest BCUT2D eigenvalue weighted by molar-refractivity contribution is 5.80. The van der Waals surface area contributed by atoms with Crippen molar-refractivity contribution < 1.29 is 24.5 Å². The Labute approximate surface area is 214 Å². The summed E-state index contributed by atoms with van der Waals surface area (Å²) in [7, 11) is 0. The van der Waals surface area contributed by atoms with E-state index < -0.39 is 18.1 Å². The maximum absolute atomic E-state index is 11.7. The first-order valence-corrected chi connectivity index (χ1v) is 13.2. The summed E-state index contributed by atoms with van der Waals surface area (Å²) < 4.78 is 5.01. The molecule has 1 atom stereocenters. The fraction of sp³-hybridized carbons (Fsp3) is 0.517. The third-order valence-electron chi connectivity index (χ3n) is 6.86. The first-order chi connectivity index (χ1) is 17.5. The molecular weight excluding hydrogens is 456 g/mol. The van der Waals surface area contributed by atoms with E-state index in [1.807, 2.05) is 18.2 Å². The molecular formula is C29H40N2O5. The number of carboxylic acid groups (broad SMARTS) is 1. The van der Waals surface area contributed by atoms with Crippen molar-refractivity contribution in [3.05, 3.63) is 65.7 Å². The second-order valence-corrected chi connectivity index (χ2v) is 9.80. The Hall–Kier alpha value is -3.06. The molecule has 7 heteroatoms. The van der Waals surface area contributed by atoms with E-state index in [1.165, 1.54) is 76.3 Å². The number of rotatable bonds is 8. The topological polar surface area (TPSA) is 108 Å². The number of phenols is 1. The van der Waals surface area contributed by atoms with Gasteiger partial charge in [0.2, 0.25) is 0 Å². The van der Waals surface area contributed by atoms with Crippen LogP contribution < -0.4 is 10.6 Å². The second-order valence-electron chi connectivity index (χ2n) is 9.80. The van der Waals surface area contributed by atoms with Gasteiger partial charge in [-0.1, -0.05) is 81.0 Å². The number of aromatic hydroxyl groups is 1. The maximum atomic E-state index is 11.7. The fourth-order valence-electron chi connectivity index (χ4n) is 4.85. The molecule has 1 unspecified atom stereocenters. The van der Waals surface area contributed by atoms with Crippen LogP contribution >= 0.6 is 0 Å². The normalized spacial score (nSPS) is 17.3. The van der Waals surface area contributed by atoms with Crippen molar-refractivity contribution in [2.75, 3.05) is 0 Å². The number of amides is 1. The van der Waals surface area contributed by atoms with E-state index in [9.17, 15) is 19.8 Å². The van der Waals surface area contributed by atoms with Crippen molar-refractivity contribution in [2.24, 2.45) is 0 Å². The van der Waals surface area contributed by atoms with Crippen molar-refractivity contribution in [3.63, 3.8) is 0 Å². The number of hydrogen-bond donors (Lipinski definition) is 4. The predicted molar refractivity (Wildman–Crippen MR) is 140 cm³/mol. The molecule has 4 rings (SSSR count). The second kappa shape index (κ2) is 15.1. The molecule has 0 aliphatic heterocycles. The van der Waals surface area contributed by atoms with Gasteiger partial charge in [0.05, 0.1) is 0 Å². The molecule has 196 valence electrons. The van der Waals surface area contributed by atoms with Gasteiger partial charge in [0.25, 0.3) is 0 Å². The van der Waals surface area contributed by atoms with Gasteiger partial charge >= 0.3 is 12.1 Å². The van der Waals surface area contributed by atoms with E-state index >= 15 is 0 Å². The van der Waals surface area contributed by atoms with Crippen LogP contribution in [-0.2, 0) is 22.6 Å². The Morgan fingerprint density at radius 3 is 1.89 bits per heavy atom. The van der Waals surface area contributed by atoms with Crippen LogP contribution in [0.25, 0.3) is 0 Å². The molecule has 7 nitrogen and oxygen atoms in total. The van der Waals surface area contributed by atoms with E-state index in [2.05, 4.69) is 10.6 Å². The van der Waals surface area contributed by atoms with Crippen LogP contribution in [0.2, 0.25) is 0 Å². The quantitative estimate of drug-likeness (QED) is 0.381. The number of aliphatic carboxylic acids is 1. The van der Waals surface area contributed by atoms with Crippen LogP contribution in [0.15, 0.2) is 54.6 Å². The van der Waals surface area contributed by atoms with E-state index in [-0.39, 0.29) is 18.8 Å². The highest BCUT2D eigenvalue weighted by Gasteiger charge is 2.21. The van der Waals surface area contributed by atoms with Gasteiger partial charge in [-0.15, -0.1) is 0 Å². The van der Waals surface area contributed by atoms with Gasteiger partial charge in [-0.2, -0.15) is 0 Å². The molecule has 0 aromatic heterocycles. The Balaban J connectivity index is 0.000000233. The fourth-order valence-corrected chi connectivity index (χ4v) is 4.85. The predicted octanol–water partition coefficient (Wildman–Crippen LogP) is 5.56. The lowest BCUT2D eigenvalue weighted by molar-refractivity contribution is -0.139. The third kappa shape index (κ3) is 10.3. The SMILES string of the molecule is C1CCC(NC2CCCCC2)CC1.O=C(NC(Cc1ccc(O)cc1)C(=O)O)OCc1ccccc1. The Morgan fingerprint density at radius 2 is 1.36 bits per heavy atom. The summed E-state index contributed by atoms with van der Waals surface area (Å²) in [4.78, 5) is 23.0. The standard InChI is InChI=1S/C17H17NO5.C12H23N/c19-14-8-6-12(7-9-14)10-15(16(20)21)18-17(22)23-11-13-4-2-1-3-5-13;1-3-7-11(8-4-1)13-12-9-5-2-6-10-12/h1-9,15,19H,10-11H2,(H,18,22)(H,20,21);11-13H,1-10H2. The summed E-state index contributed by atoms with van der Waals surface area (Å²) in [5, 5.41) is 24.6. The van der Waals surface area contributed by atoms with Crippen molar-refractivity contribution in [1.82, 2.24) is 10.6 Å². The van der Waals surface area contributed by atoms with E-state index in [1.54, 1.807) is 24.3 Å². The minimum absolute atomic E-state index is 0.0677. The molecule has 36 heavy (non-hydrogen) atoms. The maximum Gasteiger partial charge on any atom is 0.408 e. The molecule has 0 saturated heterocycles. The van der Waals surface area contributed by atoms with Crippen LogP contribution in [0, 0.1) is 0 Å². The highest BCUT2D eigenvalue weighted by Crippen LogP contribution is 2.22. The van der Waals surface area contributed by atoms with Gasteiger partial charge in [-0.05, 0) is 48.9 Å². The number of ether oxygens (including phenoxy) is 1. The molecule has 0 bridgehead atoms. The molecule has 2 aromatic rings. The molecule has 0 heterocycles. The number of carbonyl (C=O) groups excluding carboxylic acids is 1. The largest absolute Gasteiger partial charge is 0.508 e. The van der Waals surface area contributed by atoms with Crippen LogP contribution in [0.5, 0.6) is 5.75 Å². The minimum atomic E-state index is -1.16. The molecule has 2 aromatic carbocycles. The van der Waals surface area contributed by atoms with Crippen molar-refractivity contribution in [3.8, 4) is 5.75 Å². The Morgan fingerprint density at radius 1 is 0.806 bits per heavy atom. The lowest BCUT2D eigenvalue weighted by atomic mass is 9.91. The van der Waals surface area contributed by atoms with Crippen LogP contribution in [0.3, 0.4) is 0 Å². The van der Waals surface area contributed by atoms with Crippen LogP contribution in [0.1, 0.15) is 75.3 Å². The van der Waals surface area contributed by atoms with E-state index in [0.29, 0.717) is 5.56 Å². The Kier molecular flexibility index (Phi) is 11.6. The molecule has 0 spiro atoms. The molecule has 2 aliphatic rings. The first kappa shape index (κ1) is 27.5. The first-order valence-electron chi connectivity index (χ1n) is 13.2. The van der Waals surface area contributed by atoms with E-state index in [0.717, 1.165) is 17.6 Å². The molecule has 2 aliphatic carbocycles. The average molecular weight is 497 g/mol. The van der Waals surface area contributed by atoms with Crippen molar-refractivity contribution in [1.29, 1.82) is 0 Å². The number of alkyl carbamates (subject to hydrolysis) is 1. The zero-order chi connectivity index (χ0) is 25.6. The van der Waals surface area contributed by atoms with Crippen LogP contribution in [0.4, 0.5) is 4.79 Å². The number of carbonyl (C=O) groups is 2. The summed E-state index contributed by atoms with van der Waals surface area (Å²) >= 11 is 0. The van der Waals surface area contributed by atoms with Crippen LogP contribution in [-0.4, -0.2) is 40.4 Å². The number of carboxylic acids is 1. The summed E-state index contributed by atoms with van der Waals surface area (Å²) in [6.45, 7) is 0.0677. The number of benzene rings is 2. The third-order valence-corrected chi connectivity index (χ3v) is 6.86. The molecule has 2 fully saturated rings. The minimum Gasteiger partial charge on any atom is -0.508 e. The zero-order valence-corrected chi connectivity index (χ0v) is 21.0. The summed E-state index contributed by atoms with van der Waals surface area (Å²) in [5.41, 5.74) is 1.49. The summed E-state index contributed by atoms with van der Waals surface area (Å²) in [6, 6.07) is 15.9. The lowest BCUT2D eigenvalue weighted by Crippen LogP contribution is -2.42. The lowest BCUT2D eigenvalue weighted by Gasteiger charge is -2.30. The number of phenolic OH excluding ortho intramolecular Hbond substituents is 1. The summed E-state index contributed by atoms with van der Waals surface area (Å²) in [5.74, 6) is -1.06. The van der Waals surface area contributed by atoms with Crippen molar-refractivity contribution in [2.45, 2.75) is 95.4 Å². The zero-order valence-electron chi connectivity index (χ0n) is 21.0. The van der Waals surface area contributed by atoms with E-state index in [4.69, 9.17) is 4.74 Å².